The van der Waals surface area contributed by atoms with E-state index in [2.05, 4.69) is 30.5 Å². The average Bonchev–Trinajstić information content (AvgIpc) is 3.30. The Morgan fingerprint density at radius 3 is 3.00 bits per heavy atom. The zero-order chi connectivity index (χ0) is 18.6. The lowest BCUT2D eigenvalue weighted by Crippen LogP contribution is -2.34. The van der Waals surface area contributed by atoms with E-state index < -0.39 is 0 Å². The van der Waals surface area contributed by atoms with E-state index >= 15 is 0 Å². The SMILES string of the molecule is C[C@@H](Cc1cnccn1)NC(=O)c1cc(Cn2cnc3ccccc32)[nH]n1. The molecule has 4 rings (SSSR count). The first-order chi connectivity index (χ1) is 13.2. The van der Waals surface area contributed by atoms with Crippen LogP contribution in [-0.2, 0) is 13.0 Å². The number of imidazole rings is 1. The first-order valence-electron chi connectivity index (χ1n) is 8.69. The van der Waals surface area contributed by atoms with E-state index in [0.717, 1.165) is 22.4 Å². The van der Waals surface area contributed by atoms with E-state index in [9.17, 15) is 4.79 Å². The molecule has 0 aliphatic carbocycles. The van der Waals surface area contributed by atoms with E-state index in [1.165, 1.54) is 0 Å². The number of nitrogens with zero attached hydrogens (tertiary/aromatic N) is 5. The molecular formula is C19H19N7O. The van der Waals surface area contributed by atoms with Crippen LogP contribution in [-0.4, -0.2) is 41.7 Å². The molecule has 0 radical (unpaired) electrons. The number of aromatic amines is 1. The van der Waals surface area contributed by atoms with Crippen LogP contribution in [0.15, 0.2) is 55.2 Å². The quantitative estimate of drug-likeness (QED) is 0.547. The number of rotatable bonds is 6. The molecule has 1 amide bonds. The number of fused-ring (bicyclic) bond motifs is 1. The number of carbonyl (C=O) groups excluding carboxylic acids is 1. The maximum absolute atomic E-state index is 12.4. The van der Waals surface area contributed by atoms with Gasteiger partial charge >= 0.3 is 0 Å². The Kier molecular flexibility index (Phi) is 4.61. The topological polar surface area (TPSA) is 101 Å². The predicted octanol–water partition coefficient (Wildman–Crippen LogP) is 1.96. The summed E-state index contributed by atoms with van der Waals surface area (Å²) in [6.45, 7) is 2.49. The third-order valence-corrected chi connectivity index (χ3v) is 4.24. The van der Waals surface area contributed by atoms with Gasteiger partial charge < -0.3 is 9.88 Å². The predicted molar refractivity (Wildman–Crippen MR) is 100 cm³/mol. The van der Waals surface area contributed by atoms with Crippen LogP contribution in [0, 0.1) is 0 Å². The van der Waals surface area contributed by atoms with E-state index in [-0.39, 0.29) is 11.9 Å². The van der Waals surface area contributed by atoms with Crippen molar-refractivity contribution in [2.45, 2.75) is 25.9 Å². The molecule has 3 aromatic heterocycles. The van der Waals surface area contributed by atoms with Crippen LogP contribution < -0.4 is 5.32 Å². The second-order valence-electron chi connectivity index (χ2n) is 6.41. The van der Waals surface area contributed by atoms with Crippen LogP contribution in [0.5, 0.6) is 0 Å². The lowest BCUT2D eigenvalue weighted by molar-refractivity contribution is 0.0935. The average molecular weight is 361 g/mol. The summed E-state index contributed by atoms with van der Waals surface area (Å²) in [5, 5.41) is 10.0. The molecule has 1 aromatic carbocycles. The highest BCUT2D eigenvalue weighted by molar-refractivity contribution is 5.92. The van der Waals surface area contributed by atoms with Gasteiger partial charge in [-0.1, -0.05) is 12.1 Å². The summed E-state index contributed by atoms with van der Waals surface area (Å²) < 4.78 is 2.02. The van der Waals surface area contributed by atoms with Gasteiger partial charge in [-0.2, -0.15) is 5.10 Å². The first-order valence-corrected chi connectivity index (χ1v) is 8.69. The van der Waals surface area contributed by atoms with E-state index in [1.807, 2.05) is 35.8 Å². The lowest BCUT2D eigenvalue weighted by Gasteiger charge is -2.11. The number of nitrogens with one attached hydrogen (secondary N) is 2. The molecule has 0 saturated carbocycles. The Balaban J connectivity index is 1.40. The van der Waals surface area contributed by atoms with Gasteiger partial charge in [-0.25, -0.2) is 4.98 Å². The monoisotopic (exact) mass is 361 g/mol. The first kappa shape index (κ1) is 16.9. The number of hydrogen-bond acceptors (Lipinski definition) is 5. The van der Waals surface area contributed by atoms with Gasteiger partial charge in [0.05, 0.1) is 35.3 Å². The molecule has 0 unspecified atom stereocenters. The highest BCUT2D eigenvalue weighted by Gasteiger charge is 2.14. The van der Waals surface area contributed by atoms with Crippen molar-refractivity contribution in [2.24, 2.45) is 0 Å². The third kappa shape index (κ3) is 3.84. The number of amides is 1. The smallest absolute Gasteiger partial charge is 0.271 e. The number of hydrogen-bond donors (Lipinski definition) is 2. The number of benzene rings is 1. The molecule has 136 valence electrons. The minimum Gasteiger partial charge on any atom is -0.348 e. The standard InChI is InChI=1S/C19H19N7O/c1-13(8-14-10-20-6-7-21-14)23-19(27)17-9-15(24-25-17)11-26-12-22-16-4-2-3-5-18(16)26/h2-7,9-10,12-13H,8,11H2,1H3,(H,23,27)(H,24,25)/t13-/m0/s1. The van der Waals surface area contributed by atoms with Crippen molar-refractivity contribution in [2.75, 3.05) is 0 Å². The third-order valence-electron chi connectivity index (χ3n) is 4.24. The Hall–Kier alpha value is -3.55. The van der Waals surface area contributed by atoms with Gasteiger partial charge in [-0.15, -0.1) is 0 Å². The van der Waals surface area contributed by atoms with Crippen LogP contribution in [0.4, 0.5) is 0 Å². The molecule has 0 fully saturated rings. The molecule has 0 bridgehead atoms. The van der Waals surface area contributed by atoms with Gasteiger partial charge in [0, 0.05) is 31.1 Å². The summed E-state index contributed by atoms with van der Waals surface area (Å²) in [6.07, 6.45) is 7.36. The van der Waals surface area contributed by atoms with Crippen molar-refractivity contribution < 1.29 is 4.79 Å². The fourth-order valence-corrected chi connectivity index (χ4v) is 2.98. The Labute approximate surface area is 155 Å². The van der Waals surface area contributed by atoms with Gasteiger partial charge in [-0.05, 0) is 25.1 Å². The molecule has 27 heavy (non-hydrogen) atoms. The van der Waals surface area contributed by atoms with Crippen molar-refractivity contribution in [1.29, 1.82) is 0 Å². The highest BCUT2D eigenvalue weighted by atomic mass is 16.2. The maximum Gasteiger partial charge on any atom is 0.271 e. The van der Waals surface area contributed by atoms with Crippen molar-refractivity contribution in [1.82, 2.24) is 35.0 Å². The van der Waals surface area contributed by atoms with Gasteiger partial charge in [0.15, 0.2) is 0 Å². The van der Waals surface area contributed by atoms with Crippen molar-refractivity contribution in [3.8, 4) is 0 Å². The molecule has 0 saturated heterocycles. The molecular weight excluding hydrogens is 342 g/mol. The largest absolute Gasteiger partial charge is 0.348 e. The molecule has 1 atom stereocenters. The number of aromatic nitrogens is 6. The summed E-state index contributed by atoms with van der Waals surface area (Å²) in [6, 6.07) is 9.60. The number of carbonyl (C=O) groups is 1. The second-order valence-corrected chi connectivity index (χ2v) is 6.41. The van der Waals surface area contributed by atoms with Gasteiger partial charge in [0.1, 0.15) is 5.69 Å². The van der Waals surface area contributed by atoms with E-state index in [0.29, 0.717) is 18.7 Å². The number of H-pyrrole nitrogens is 1. The van der Waals surface area contributed by atoms with Crippen molar-refractivity contribution in [3.05, 3.63) is 72.3 Å². The minimum absolute atomic E-state index is 0.0769. The van der Waals surface area contributed by atoms with Crippen LogP contribution >= 0.6 is 0 Å². The van der Waals surface area contributed by atoms with E-state index in [4.69, 9.17) is 0 Å². The lowest BCUT2D eigenvalue weighted by atomic mass is 10.2. The Bertz CT molecular complexity index is 1050. The highest BCUT2D eigenvalue weighted by Crippen LogP contribution is 2.13. The summed E-state index contributed by atoms with van der Waals surface area (Å²) in [7, 11) is 0. The summed E-state index contributed by atoms with van der Waals surface area (Å²) in [5.41, 5.74) is 4.01. The van der Waals surface area contributed by atoms with Crippen LogP contribution in [0.1, 0.15) is 28.8 Å². The van der Waals surface area contributed by atoms with Crippen LogP contribution in [0.2, 0.25) is 0 Å². The normalized spacial score (nSPS) is 12.2. The zero-order valence-electron chi connectivity index (χ0n) is 14.8. The van der Waals surface area contributed by atoms with Gasteiger partial charge in [-0.3, -0.25) is 19.9 Å². The molecule has 8 nitrogen and oxygen atoms in total. The zero-order valence-corrected chi connectivity index (χ0v) is 14.8. The fraction of sp³-hybridized carbons (Fsp3) is 0.211. The molecule has 0 spiro atoms. The molecule has 4 aromatic rings. The molecule has 3 heterocycles. The van der Waals surface area contributed by atoms with E-state index in [1.54, 1.807) is 31.0 Å². The second kappa shape index (κ2) is 7.36. The molecule has 0 aliphatic heterocycles. The van der Waals surface area contributed by atoms with Crippen molar-refractivity contribution in [3.63, 3.8) is 0 Å². The minimum atomic E-state index is -0.218. The Morgan fingerprint density at radius 1 is 1.26 bits per heavy atom. The van der Waals surface area contributed by atoms with Crippen LogP contribution in [0.3, 0.4) is 0 Å². The summed E-state index contributed by atoms with van der Waals surface area (Å²) in [5.74, 6) is -0.218. The van der Waals surface area contributed by atoms with Crippen LogP contribution in [0.25, 0.3) is 11.0 Å². The summed E-state index contributed by atoms with van der Waals surface area (Å²) >= 11 is 0. The van der Waals surface area contributed by atoms with Crippen molar-refractivity contribution >= 4 is 16.9 Å². The maximum atomic E-state index is 12.4. The molecule has 0 aliphatic rings. The molecule has 2 N–H and O–H groups in total. The fourth-order valence-electron chi connectivity index (χ4n) is 2.98. The van der Waals surface area contributed by atoms with Gasteiger partial charge in [0.2, 0.25) is 0 Å². The summed E-state index contributed by atoms with van der Waals surface area (Å²) in [4.78, 5) is 25.1. The number of para-hydroxylation sites is 2. The Morgan fingerprint density at radius 2 is 2.15 bits per heavy atom. The van der Waals surface area contributed by atoms with Gasteiger partial charge in [0.25, 0.3) is 5.91 Å². The molecule has 8 heteroatoms.